The molecule has 0 saturated carbocycles. The van der Waals surface area contributed by atoms with Gasteiger partial charge in [0.25, 0.3) is 0 Å². The van der Waals surface area contributed by atoms with Crippen molar-refractivity contribution in [3.63, 3.8) is 0 Å². The number of rotatable bonds is 3. The molecule has 0 amide bonds. The molecule has 0 bridgehead atoms. The fourth-order valence-electron chi connectivity index (χ4n) is 2.70. The summed E-state index contributed by atoms with van der Waals surface area (Å²) >= 11 is 0. The van der Waals surface area contributed by atoms with Crippen molar-refractivity contribution in [2.45, 2.75) is 25.4 Å². The Labute approximate surface area is 105 Å². The first kappa shape index (κ1) is 13.2. The molecule has 2 rings (SSSR count). The predicted molar refractivity (Wildman–Crippen MR) is 65.7 cm³/mol. The molecule has 2 nitrogen and oxygen atoms in total. The number of likely N-dealkylation sites (N-methyl/N-ethyl adjacent to an activating group) is 1. The van der Waals surface area contributed by atoms with Crippen LogP contribution in [-0.2, 0) is 6.18 Å². The highest BCUT2D eigenvalue weighted by Crippen LogP contribution is 2.45. The first-order valence-electron chi connectivity index (χ1n) is 6.14. The Morgan fingerprint density at radius 2 is 2.11 bits per heavy atom. The Morgan fingerprint density at radius 3 is 2.67 bits per heavy atom. The van der Waals surface area contributed by atoms with E-state index >= 15 is 0 Å². The van der Waals surface area contributed by atoms with Crippen molar-refractivity contribution < 1.29 is 13.2 Å². The van der Waals surface area contributed by atoms with E-state index in [1.807, 2.05) is 11.8 Å². The SMILES string of the molecule is CCN1CC(CCN)c2c1cccc2C(F)(F)F. The molecule has 100 valence electrons. The van der Waals surface area contributed by atoms with E-state index in [9.17, 15) is 13.2 Å². The van der Waals surface area contributed by atoms with E-state index in [2.05, 4.69) is 0 Å². The van der Waals surface area contributed by atoms with Crippen LogP contribution in [-0.4, -0.2) is 19.6 Å². The van der Waals surface area contributed by atoms with Gasteiger partial charge in [-0.1, -0.05) is 6.07 Å². The first-order valence-corrected chi connectivity index (χ1v) is 6.14. The van der Waals surface area contributed by atoms with Crippen LogP contribution in [0.3, 0.4) is 0 Å². The number of hydrogen-bond acceptors (Lipinski definition) is 2. The van der Waals surface area contributed by atoms with E-state index in [-0.39, 0.29) is 5.92 Å². The van der Waals surface area contributed by atoms with Gasteiger partial charge in [0.1, 0.15) is 0 Å². The molecule has 0 saturated heterocycles. The summed E-state index contributed by atoms with van der Waals surface area (Å²) in [5, 5.41) is 0. The van der Waals surface area contributed by atoms with Crippen LogP contribution >= 0.6 is 0 Å². The predicted octanol–water partition coefficient (Wildman–Crippen LogP) is 2.98. The minimum atomic E-state index is -4.29. The third-order valence-corrected chi connectivity index (χ3v) is 3.48. The number of hydrogen-bond donors (Lipinski definition) is 1. The number of nitrogens with two attached hydrogens (primary N) is 1. The highest BCUT2D eigenvalue weighted by atomic mass is 19.4. The molecule has 0 spiro atoms. The van der Waals surface area contributed by atoms with Crippen molar-refractivity contribution >= 4 is 5.69 Å². The van der Waals surface area contributed by atoms with E-state index in [0.717, 1.165) is 6.54 Å². The van der Waals surface area contributed by atoms with Crippen LogP contribution in [0, 0.1) is 0 Å². The van der Waals surface area contributed by atoms with Crippen molar-refractivity contribution in [1.29, 1.82) is 0 Å². The maximum absolute atomic E-state index is 13.0. The van der Waals surface area contributed by atoms with Gasteiger partial charge < -0.3 is 10.6 Å². The summed E-state index contributed by atoms with van der Waals surface area (Å²) in [5.74, 6) is -0.109. The van der Waals surface area contributed by atoms with Gasteiger partial charge in [-0.05, 0) is 37.6 Å². The number of halogens is 3. The summed E-state index contributed by atoms with van der Waals surface area (Å²) in [5.41, 5.74) is 6.15. The van der Waals surface area contributed by atoms with Crippen LogP contribution in [0.15, 0.2) is 18.2 Å². The van der Waals surface area contributed by atoms with Gasteiger partial charge in [0, 0.05) is 24.7 Å². The normalized spacial score (nSPS) is 19.2. The van der Waals surface area contributed by atoms with Gasteiger partial charge in [-0.3, -0.25) is 0 Å². The number of nitrogens with zero attached hydrogens (tertiary/aromatic N) is 1. The summed E-state index contributed by atoms with van der Waals surface area (Å²) < 4.78 is 39.1. The Bertz CT molecular complexity index is 429. The summed E-state index contributed by atoms with van der Waals surface area (Å²) in [6.45, 7) is 3.72. The smallest absolute Gasteiger partial charge is 0.371 e. The van der Waals surface area contributed by atoms with Gasteiger partial charge >= 0.3 is 6.18 Å². The molecule has 1 aliphatic heterocycles. The summed E-state index contributed by atoms with van der Waals surface area (Å²) in [6, 6.07) is 4.42. The van der Waals surface area contributed by atoms with Crippen molar-refractivity contribution in [2.24, 2.45) is 5.73 Å². The molecule has 1 aromatic rings. The molecule has 18 heavy (non-hydrogen) atoms. The number of alkyl halides is 3. The Morgan fingerprint density at radius 1 is 1.39 bits per heavy atom. The molecule has 1 aromatic carbocycles. The average Bonchev–Trinajstić information content (AvgIpc) is 2.67. The highest BCUT2D eigenvalue weighted by molar-refractivity contribution is 5.63. The third-order valence-electron chi connectivity index (χ3n) is 3.48. The Kier molecular flexibility index (Phi) is 3.52. The number of fused-ring (bicyclic) bond motifs is 1. The molecular weight excluding hydrogens is 241 g/mol. The van der Waals surface area contributed by atoms with Crippen LogP contribution in [0.5, 0.6) is 0 Å². The lowest BCUT2D eigenvalue weighted by molar-refractivity contribution is -0.138. The van der Waals surface area contributed by atoms with Crippen LogP contribution in [0.25, 0.3) is 0 Å². The minimum absolute atomic E-state index is 0.109. The van der Waals surface area contributed by atoms with E-state index in [1.165, 1.54) is 12.1 Å². The quantitative estimate of drug-likeness (QED) is 0.903. The first-order chi connectivity index (χ1) is 8.49. The van der Waals surface area contributed by atoms with Gasteiger partial charge in [0.05, 0.1) is 5.56 Å². The maximum atomic E-state index is 13.0. The maximum Gasteiger partial charge on any atom is 0.416 e. The lowest BCUT2D eigenvalue weighted by atomic mass is 9.93. The summed E-state index contributed by atoms with van der Waals surface area (Å²) in [7, 11) is 0. The van der Waals surface area contributed by atoms with Crippen molar-refractivity contribution in [1.82, 2.24) is 0 Å². The van der Waals surface area contributed by atoms with E-state index in [0.29, 0.717) is 30.8 Å². The molecule has 2 N–H and O–H groups in total. The fraction of sp³-hybridized carbons (Fsp3) is 0.538. The van der Waals surface area contributed by atoms with Crippen LogP contribution < -0.4 is 10.6 Å². The zero-order valence-corrected chi connectivity index (χ0v) is 10.3. The molecule has 0 aromatic heterocycles. The van der Waals surface area contributed by atoms with Crippen molar-refractivity contribution in [3.05, 3.63) is 29.3 Å². The van der Waals surface area contributed by atoms with E-state index in [1.54, 1.807) is 6.07 Å². The fourth-order valence-corrected chi connectivity index (χ4v) is 2.70. The standard InChI is InChI=1S/C13H17F3N2/c1-2-18-8-9(6-7-17)12-10(13(14,15)16)4-3-5-11(12)18/h3-5,9H,2,6-8,17H2,1H3. The molecule has 1 atom stereocenters. The van der Waals surface area contributed by atoms with Crippen LogP contribution in [0.1, 0.15) is 30.4 Å². The van der Waals surface area contributed by atoms with Gasteiger partial charge in [-0.15, -0.1) is 0 Å². The lowest BCUT2D eigenvalue weighted by Gasteiger charge is -2.17. The zero-order valence-electron chi connectivity index (χ0n) is 10.3. The highest BCUT2D eigenvalue weighted by Gasteiger charge is 2.39. The van der Waals surface area contributed by atoms with Gasteiger partial charge in [-0.25, -0.2) is 0 Å². The van der Waals surface area contributed by atoms with Crippen LogP contribution in [0.2, 0.25) is 0 Å². The second kappa shape index (κ2) is 4.80. The van der Waals surface area contributed by atoms with Gasteiger partial charge in [0.15, 0.2) is 0 Å². The Hall–Kier alpha value is -1.23. The summed E-state index contributed by atoms with van der Waals surface area (Å²) in [6.07, 6.45) is -3.70. The van der Waals surface area contributed by atoms with E-state index < -0.39 is 11.7 Å². The Balaban J connectivity index is 2.51. The zero-order chi connectivity index (χ0) is 13.3. The monoisotopic (exact) mass is 258 g/mol. The molecule has 0 radical (unpaired) electrons. The van der Waals surface area contributed by atoms with E-state index in [4.69, 9.17) is 5.73 Å². The second-order valence-corrected chi connectivity index (χ2v) is 4.55. The molecule has 1 unspecified atom stereocenters. The molecule has 0 aliphatic carbocycles. The van der Waals surface area contributed by atoms with Crippen molar-refractivity contribution in [3.8, 4) is 0 Å². The second-order valence-electron chi connectivity index (χ2n) is 4.55. The van der Waals surface area contributed by atoms with Gasteiger partial charge in [0.2, 0.25) is 0 Å². The average molecular weight is 258 g/mol. The molecular formula is C13H17F3N2. The molecule has 1 heterocycles. The topological polar surface area (TPSA) is 29.3 Å². The minimum Gasteiger partial charge on any atom is -0.371 e. The van der Waals surface area contributed by atoms with Gasteiger partial charge in [-0.2, -0.15) is 13.2 Å². The molecule has 0 fully saturated rings. The third kappa shape index (κ3) is 2.19. The number of benzene rings is 1. The molecule has 1 aliphatic rings. The lowest BCUT2D eigenvalue weighted by Crippen LogP contribution is -2.21. The van der Waals surface area contributed by atoms with Crippen LogP contribution in [0.4, 0.5) is 18.9 Å². The summed E-state index contributed by atoms with van der Waals surface area (Å²) in [4.78, 5) is 1.99. The van der Waals surface area contributed by atoms with Crippen molar-refractivity contribution in [2.75, 3.05) is 24.5 Å². The largest absolute Gasteiger partial charge is 0.416 e. The number of anilines is 1. The molecule has 5 heteroatoms.